The fourth-order valence-electron chi connectivity index (χ4n) is 1.79. The Kier molecular flexibility index (Phi) is 4.77. The number of anilines is 1. The van der Waals surface area contributed by atoms with Crippen LogP contribution in [0, 0.1) is 5.82 Å². The van der Waals surface area contributed by atoms with Gasteiger partial charge in [-0.2, -0.15) is 0 Å². The minimum atomic E-state index is -4.14. The van der Waals surface area contributed by atoms with Crippen molar-refractivity contribution in [1.29, 1.82) is 0 Å². The highest BCUT2D eigenvalue weighted by Gasteiger charge is 2.21. The van der Waals surface area contributed by atoms with Gasteiger partial charge in [-0.1, -0.05) is 11.6 Å². The molecule has 0 radical (unpaired) electrons. The van der Waals surface area contributed by atoms with Crippen molar-refractivity contribution in [3.63, 3.8) is 0 Å². The van der Waals surface area contributed by atoms with Gasteiger partial charge in [0.2, 0.25) is 0 Å². The third-order valence-electron chi connectivity index (χ3n) is 2.83. The lowest BCUT2D eigenvalue weighted by atomic mass is 10.3. The van der Waals surface area contributed by atoms with Gasteiger partial charge in [-0.25, -0.2) is 12.8 Å². The van der Waals surface area contributed by atoms with Crippen molar-refractivity contribution in [2.45, 2.75) is 4.90 Å². The number of benzene rings is 2. The van der Waals surface area contributed by atoms with Gasteiger partial charge in [0.15, 0.2) is 0 Å². The first-order valence-electron chi connectivity index (χ1n) is 6.07. The Bertz CT molecular complexity index is 795. The molecule has 0 saturated carbocycles. The van der Waals surface area contributed by atoms with Gasteiger partial charge >= 0.3 is 0 Å². The second kappa shape index (κ2) is 6.41. The van der Waals surface area contributed by atoms with E-state index in [1.807, 2.05) is 0 Å². The van der Waals surface area contributed by atoms with Crippen LogP contribution in [0.25, 0.3) is 0 Å². The third kappa shape index (κ3) is 3.42. The molecule has 0 saturated heterocycles. The van der Waals surface area contributed by atoms with Crippen molar-refractivity contribution in [2.24, 2.45) is 0 Å². The van der Waals surface area contributed by atoms with E-state index in [-0.39, 0.29) is 16.5 Å². The number of methoxy groups -OCH3 is 2. The summed E-state index contributed by atoms with van der Waals surface area (Å²) in [5, 5.41) is 0.107. The number of hydrogen-bond donors (Lipinski definition) is 1. The Hall–Kier alpha value is -1.99. The maximum absolute atomic E-state index is 13.8. The first-order valence-corrected chi connectivity index (χ1v) is 7.93. The molecule has 0 aliphatic heterocycles. The fraction of sp³-hybridized carbons (Fsp3) is 0.143. The Balaban J connectivity index is 2.44. The molecule has 0 heterocycles. The molecule has 8 heteroatoms. The third-order valence-corrected chi connectivity index (χ3v) is 4.47. The highest BCUT2D eigenvalue weighted by atomic mass is 35.5. The van der Waals surface area contributed by atoms with E-state index in [4.69, 9.17) is 21.1 Å². The smallest absolute Gasteiger partial charge is 0.264 e. The minimum Gasteiger partial charge on any atom is -0.497 e. The molecular formula is C14H13ClFNO4S. The Morgan fingerprint density at radius 2 is 1.82 bits per heavy atom. The summed E-state index contributed by atoms with van der Waals surface area (Å²) in [6.45, 7) is 0. The summed E-state index contributed by atoms with van der Waals surface area (Å²) in [6.07, 6.45) is 0. The number of sulfonamides is 1. The lowest BCUT2D eigenvalue weighted by molar-refractivity contribution is 0.405. The van der Waals surface area contributed by atoms with E-state index in [9.17, 15) is 12.8 Å². The van der Waals surface area contributed by atoms with Crippen LogP contribution in [0.5, 0.6) is 11.5 Å². The van der Waals surface area contributed by atoms with Crippen LogP contribution >= 0.6 is 11.6 Å². The summed E-state index contributed by atoms with van der Waals surface area (Å²) in [4.78, 5) is -0.512. The van der Waals surface area contributed by atoms with Crippen LogP contribution in [0.1, 0.15) is 0 Å². The summed E-state index contributed by atoms with van der Waals surface area (Å²) in [7, 11) is -1.30. The number of hydrogen-bond acceptors (Lipinski definition) is 4. The van der Waals surface area contributed by atoms with E-state index in [1.165, 1.54) is 32.4 Å². The fourth-order valence-corrected chi connectivity index (χ4v) is 3.07. The molecule has 0 bridgehead atoms. The average Bonchev–Trinajstić information content (AvgIpc) is 2.46. The molecule has 2 aromatic carbocycles. The van der Waals surface area contributed by atoms with E-state index in [2.05, 4.69) is 4.72 Å². The van der Waals surface area contributed by atoms with E-state index < -0.39 is 20.7 Å². The molecular weight excluding hydrogens is 333 g/mol. The first-order chi connectivity index (χ1) is 10.4. The molecule has 0 atom stereocenters. The largest absolute Gasteiger partial charge is 0.497 e. The molecule has 0 aliphatic carbocycles. The van der Waals surface area contributed by atoms with Crippen molar-refractivity contribution in [3.8, 4) is 11.5 Å². The Morgan fingerprint density at radius 3 is 2.41 bits per heavy atom. The number of halogens is 2. The summed E-state index contributed by atoms with van der Waals surface area (Å²) < 4.78 is 50.8. The normalized spacial score (nSPS) is 11.1. The van der Waals surface area contributed by atoms with Crippen molar-refractivity contribution in [1.82, 2.24) is 0 Å². The van der Waals surface area contributed by atoms with Crippen molar-refractivity contribution in [2.75, 3.05) is 18.9 Å². The molecule has 2 aromatic rings. The Morgan fingerprint density at radius 1 is 1.09 bits per heavy atom. The van der Waals surface area contributed by atoms with Crippen molar-refractivity contribution >= 4 is 27.3 Å². The average molecular weight is 346 g/mol. The summed E-state index contributed by atoms with van der Waals surface area (Å²) >= 11 is 5.62. The lowest BCUT2D eigenvalue weighted by Crippen LogP contribution is -2.15. The zero-order valence-electron chi connectivity index (χ0n) is 11.8. The summed E-state index contributed by atoms with van der Waals surface area (Å²) in [5.74, 6) is -0.240. The second-order valence-electron chi connectivity index (χ2n) is 4.25. The first kappa shape index (κ1) is 16.4. The molecule has 0 amide bonds. The molecule has 0 aromatic heterocycles. The van der Waals surface area contributed by atoms with E-state index in [0.717, 1.165) is 12.1 Å². The second-order valence-corrected chi connectivity index (χ2v) is 6.33. The van der Waals surface area contributed by atoms with Crippen LogP contribution in [0.2, 0.25) is 5.02 Å². The highest BCUT2D eigenvalue weighted by molar-refractivity contribution is 7.92. The summed E-state index contributed by atoms with van der Waals surface area (Å²) in [5.41, 5.74) is 0.135. The Labute approximate surface area is 132 Å². The predicted octanol–water partition coefficient (Wildman–Crippen LogP) is 3.30. The maximum atomic E-state index is 13.8. The standard InChI is InChI=1S/C14H13ClFNO4S/c1-20-10-4-5-13(21-2)12(8-10)17-22(18,19)14-6-3-9(15)7-11(14)16/h3-8,17H,1-2H3. The van der Waals surface area contributed by atoms with Gasteiger partial charge in [0, 0.05) is 11.1 Å². The molecule has 0 aliphatic rings. The molecule has 0 fully saturated rings. The van der Waals surface area contributed by atoms with E-state index >= 15 is 0 Å². The van der Waals surface area contributed by atoms with Crippen LogP contribution in [-0.4, -0.2) is 22.6 Å². The van der Waals surface area contributed by atoms with Crippen LogP contribution in [0.15, 0.2) is 41.3 Å². The van der Waals surface area contributed by atoms with Gasteiger partial charge in [-0.15, -0.1) is 0 Å². The molecule has 2 rings (SSSR count). The number of ether oxygens (including phenoxy) is 2. The van der Waals surface area contributed by atoms with Gasteiger partial charge in [0.05, 0.1) is 19.9 Å². The molecule has 5 nitrogen and oxygen atoms in total. The quantitative estimate of drug-likeness (QED) is 0.903. The van der Waals surface area contributed by atoms with Gasteiger partial charge in [0.25, 0.3) is 10.0 Å². The molecule has 0 unspecified atom stereocenters. The van der Waals surface area contributed by atoms with Crippen LogP contribution in [0.3, 0.4) is 0 Å². The van der Waals surface area contributed by atoms with Gasteiger partial charge in [-0.05, 0) is 30.3 Å². The topological polar surface area (TPSA) is 64.6 Å². The SMILES string of the molecule is COc1ccc(OC)c(NS(=O)(=O)c2ccc(Cl)cc2F)c1. The van der Waals surface area contributed by atoms with Gasteiger partial charge in [0.1, 0.15) is 22.2 Å². The van der Waals surface area contributed by atoms with Crippen LogP contribution in [-0.2, 0) is 10.0 Å². The molecule has 0 spiro atoms. The van der Waals surface area contributed by atoms with Gasteiger partial charge < -0.3 is 9.47 Å². The van der Waals surface area contributed by atoms with Crippen molar-refractivity contribution < 1.29 is 22.3 Å². The van der Waals surface area contributed by atoms with E-state index in [1.54, 1.807) is 6.07 Å². The zero-order valence-corrected chi connectivity index (χ0v) is 13.3. The van der Waals surface area contributed by atoms with Crippen LogP contribution in [0.4, 0.5) is 10.1 Å². The zero-order chi connectivity index (χ0) is 16.3. The van der Waals surface area contributed by atoms with Crippen molar-refractivity contribution in [3.05, 3.63) is 47.2 Å². The minimum absolute atomic E-state index is 0.107. The maximum Gasteiger partial charge on any atom is 0.264 e. The molecule has 118 valence electrons. The molecule has 1 N–H and O–H groups in total. The summed E-state index contributed by atoms with van der Waals surface area (Å²) in [6, 6.07) is 7.90. The van der Waals surface area contributed by atoms with Crippen LogP contribution < -0.4 is 14.2 Å². The monoisotopic (exact) mass is 345 g/mol. The number of rotatable bonds is 5. The lowest BCUT2D eigenvalue weighted by Gasteiger charge is -2.13. The highest BCUT2D eigenvalue weighted by Crippen LogP contribution is 2.31. The van der Waals surface area contributed by atoms with E-state index in [0.29, 0.717) is 5.75 Å². The molecule has 22 heavy (non-hydrogen) atoms. The van der Waals surface area contributed by atoms with Gasteiger partial charge in [-0.3, -0.25) is 4.72 Å². The predicted molar refractivity (Wildman–Crippen MR) is 81.8 cm³/mol. The number of nitrogens with one attached hydrogen (secondary N) is 1.